The Labute approximate surface area is 132 Å². The van der Waals surface area contributed by atoms with Crippen molar-refractivity contribution in [2.45, 2.75) is 6.54 Å². The number of guanidine groups is 1. The summed E-state index contributed by atoms with van der Waals surface area (Å²) in [6.45, 7) is 4.75. The number of hydrogen-bond acceptors (Lipinski definition) is 1. The molecule has 0 saturated carbocycles. The summed E-state index contributed by atoms with van der Waals surface area (Å²) < 4.78 is 13.8. The van der Waals surface area contributed by atoms with Crippen LogP contribution in [-0.2, 0) is 6.54 Å². The Morgan fingerprint density at radius 2 is 2.17 bits per heavy atom. The third kappa shape index (κ3) is 6.34. The zero-order chi connectivity index (χ0) is 12.7. The standard InChI is InChI=1S/C12H15BrFN3.HI/c1-3-4-16-12(15-2)17-8-9-5-10(13)7-11(14)6-9;/h3,5-7H,1,4,8H2,2H3,(H2,15,16,17);1H. The van der Waals surface area contributed by atoms with Crippen molar-refractivity contribution in [3.05, 3.63) is 46.7 Å². The first-order valence-corrected chi connectivity index (χ1v) is 5.95. The molecule has 1 rings (SSSR count). The van der Waals surface area contributed by atoms with Crippen LogP contribution in [0.25, 0.3) is 0 Å². The van der Waals surface area contributed by atoms with Gasteiger partial charge in [-0.05, 0) is 23.8 Å². The van der Waals surface area contributed by atoms with Gasteiger partial charge in [-0.2, -0.15) is 0 Å². The second-order valence-corrected chi connectivity index (χ2v) is 4.29. The van der Waals surface area contributed by atoms with Gasteiger partial charge in [-0.1, -0.05) is 22.0 Å². The van der Waals surface area contributed by atoms with Gasteiger partial charge >= 0.3 is 0 Å². The number of benzene rings is 1. The molecule has 18 heavy (non-hydrogen) atoms. The minimum absolute atomic E-state index is 0. The normalized spacial score (nSPS) is 10.5. The molecular formula is C12H16BrFIN3. The van der Waals surface area contributed by atoms with Gasteiger partial charge in [-0.25, -0.2) is 4.39 Å². The van der Waals surface area contributed by atoms with E-state index >= 15 is 0 Å². The van der Waals surface area contributed by atoms with E-state index in [4.69, 9.17) is 0 Å². The van der Waals surface area contributed by atoms with Crippen molar-refractivity contribution in [1.29, 1.82) is 0 Å². The molecule has 0 bridgehead atoms. The Hall–Kier alpha value is -0.630. The largest absolute Gasteiger partial charge is 0.353 e. The molecule has 1 aromatic rings. The van der Waals surface area contributed by atoms with E-state index in [1.54, 1.807) is 13.1 Å². The quantitative estimate of drug-likeness (QED) is 0.335. The summed E-state index contributed by atoms with van der Waals surface area (Å²) in [6.07, 6.45) is 1.74. The Balaban J connectivity index is 0.00000289. The molecule has 0 spiro atoms. The average Bonchev–Trinajstić information content (AvgIpc) is 2.28. The number of nitrogens with zero attached hydrogens (tertiary/aromatic N) is 1. The molecule has 0 fully saturated rings. The van der Waals surface area contributed by atoms with E-state index in [9.17, 15) is 4.39 Å². The molecule has 1 aromatic carbocycles. The molecule has 6 heteroatoms. The van der Waals surface area contributed by atoms with E-state index in [1.807, 2.05) is 6.07 Å². The Bertz CT molecular complexity index is 404. The van der Waals surface area contributed by atoms with Crippen LogP contribution in [0.3, 0.4) is 0 Å². The lowest BCUT2D eigenvalue weighted by Gasteiger charge is -2.10. The molecule has 0 atom stereocenters. The number of nitrogens with one attached hydrogen (secondary N) is 2. The third-order valence-corrected chi connectivity index (χ3v) is 2.48. The van der Waals surface area contributed by atoms with Gasteiger partial charge in [0.1, 0.15) is 5.82 Å². The zero-order valence-corrected chi connectivity index (χ0v) is 14.0. The summed E-state index contributed by atoms with van der Waals surface area (Å²) in [4.78, 5) is 4.03. The lowest BCUT2D eigenvalue weighted by Crippen LogP contribution is -2.36. The predicted octanol–water partition coefficient (Wildman–Crippen LogP) is 3.06. The summed E-state index contributed by atoms with van der Waals surface area (Å²) in [7, 11) is 1.68. The molecule has 0 unspecified atom stereocenters. The van der Waals surface area contributed by atoms with E-state index in [0.717, 1.165) is 10.0 Å². The van der Waals surface area contributed by atoms with E-state index in [2.05, 4.69) is 38.1 Å². The van der Waals surface area contributed by atoms with Crippen molar-refractivity contribution in [3.63, 3.8) is 0 Å². The van der Waals surface area contributed by atoms with Gasteiger partial charge in [-0.3, -0.25) is 4.99 Å². The first-order valence-electron chi connectivity index (χ1n) is 5.16. The SMILES string of the molecule is C=CCNC(=NC)NCc1cc(F)cc(Br)c1.I. The maximum absolute atomic E-state index is 13.1. The number of rotatable bonds is 4. The van der Waals surface area contributed by atoms with Crippen LogP contribution >= 0.6 is 39.9 Å². The summed E-state index contributed by atoms with van der Waals surface area (Å²) in [5.74, 6) is 0.399. The minimum atomic E-state index is -0.259. The van der Waals surface area contributed by atoms with Crippen molar-refractivity contribution < 1.29 is 4.39 Å². The fourth-order valence-electron chi connectivity index (χ4n) is 1.29. The van der Waals surface area contributed by atoms with E-state index in [0.29, 0.717) is 19.0 Å². The first kappa shape index (κ1) is 17.4. The van der Waals surface area contributed by atoms with Crippen molar-refractivity contribution in [2.75, 3.05) is 13.6 Å². The van der Waals surface area contributed by atoms with Gasteiger partial charge in [0.05, 0.1) is 0 Å². The summed E-state index contributed by atoms with van der Waals surface area (Å²) in [5, 5.41) is 6.11. The highest BCUT2D eigenvalue weighted by Gasteiger charge is 2.00. The van der Waals surface area contributed by atoms with Crippen LogP contribution < -0.4 is 10.6 Å². The lowest BCUT2D eigenvalue weighted by atomic mass is 10.2. The summed E-state index contributed by atoms with van der Waals surface area (Å²) in [5.41, 5.74) is 0.846. The van der Waals surface area contributed by atoms with Crippen molar-refractivity contribution in [1.82, 2.24) is 10.6 Å². The topological polar surface area (TPSA) is 36.4 Å². The van der Waals surface area contributed by atoms with Crippen LogP contribution in [0.4, 0.5) is 4.39 Å². The van der Waals surface area contributed by atoms with Gasteiger partial charge in [0.2, 0.25) is 0 Å². The van der Waals surface area contributed by atoms with Gasteiger partial charge in [0, 0.05) is 24.6 Å². The number of hydrogen-bond donors (Lipinski definition) is 2. The maximum Gasteiger partial charge on any atom is 0.191 e. The lowest BCUT2D eigenvalue weighted by molar-refractivity contribution is 0.623. The van der Waals surface area contributed by atoms with Gasteiger partial charge in [0.25, 0.3) is 0 Å². The minimum Gasteiger partial charge on any atom is -0.353 e. The number of aliphatic imine (C=N–C) groups is 1. The first-order chi connectivity index (χ1) is 8.15. The van der Waals surface area contributed by atoms with Crippen molar-refractivity contribution >= 4 is 45.9 Å². The monoisotopic (exact) mass is 427 g/mol. The van der Waals surface area contributed by atoms with E-state index in [-0.39, 0.29) is 29.8 Å². The number of halogens is 3. The van der Waals surface area contributed by atoms with Crippen LogP contribution in [0.2, 0.25) is 0 Å². The molecule has 0 saturated heterocycles. The fraction of sp³-hybridized carbons (Fsp3) is 0.250. The molecule has 0 radical (unpaired) electrons. The Morgan fingerprint density at radius 1 is 1.44 bits per heavy atom. The van der Waals surface area contributed by atoms with Crippen LogP contribution in [0.15, 0.2) is 40.3 Å². The highest BCUT2D eigenvalue weighted by Crippen LogP contribution is 2.14. The molecule has 0 aliphatic carbocycles. The fourth-order valence-corrected chi connectivity index (χ4v) is 1.80. The van der Waals surface area contributed by atoms with Gasteiger partial charge < -0.3 is 10.6 Å². The van der Waals surface area contributed by atoms with Crippen LogP contribution in [0.5, 0.6) is 0 Å². The highest BCUT2D eigenvalue weighted by atomic mass is 127. The molecule has 0 amide bonds. The van der Waals surface area contributed by atoms with Crippen molar-refractivity contribution in [3.8, 4) is 0 Å². The second kappa shape index (κ2) is 9.32. The Kier molecular flexibility index (Phi) is 8.99. The van der Waals surface area contributed by atoms with E-state index < -0.39 is 0 Å². The summed E-state index contributed by atoms with van der Waals surface area (Å²) in [6, 6.07) is 4.77. The molecule has 0 aliphatic heterocycles. The molecule has 3 nitrogen and oxygen atoms in total. The summed E-state index contributed by atoms with van der Waals surface area (Å²) >= 11 is 3.25. The maximum atomic E-state index is 13.1. The molecule has 2 N–H and O–H groups in total. The predicted molar refractivity (Wildman–Crippen MR) is 87.9 cm³/mol. The Morgan fingerprint density at radius 3 is 2.72 bits per heavy atom. The zero-order valence-electron chi connectivity index (χ0n) is 10.0. The average molecular weight is 428 g/mol. The molecule has 100 valence electrons. The van der Waals surface area contributed by atoms with Gasteiger partial charge in [-0.15, -0.1) is 30.6 Å². The second-order valence-electron chi connectivity index (χ2n) is 3.37. The molecular weight excluding hydrogens is 412 g/mol. The van der Waals surface area contributed by atoms with Gasteiger partial charge in [0.15, 0.2) is 5.96 Å². The van der Waals surface area contributed by atoms with E-state index in [1.165, 1.54) is 12.1 Å². The molecule has 0 aliphatic rings. The highest BCUT2D eigenvalue weighted by molar-refractivity contribution is 14.0. The smallest absolute Gasteiger partial charge is 0.191 e. The third-order valence-electron chi connectivity index (χ3n) is 2.02. The molecule has 0 heterocycles. The van der Waals surface area contributed by atoms with Crippen LogP contribution in [0.1, 0.15) is 5.56 Å². The molecule has 0 aromatic heterocycles. The van der Waals surface area contributed by atoms with Crippen molar-refractivity contribution in [2.24, 2.45) is 4.99 Å². The van der Waals surface area contributed by atoms with Crippen LogP contribution in [-0.4, -0.2) is 19.6 Å². The van der Waals surface area contributed by atoms with Crippen LogP contribution in [0, 0.1) is 5.82 Å².